The molecule has 0 fully saturated rings. The van der Waals surface area contributed by atoms with Crippen LogP contribution >= 0.6 is 0 Å². The Morgan fingerprint density at radius 1 is 1.52 bits per heavy atom. The predicted molar refractivity (Wildman–Crippen MR) is 93.6 cm³/mol. The molecule has 0 spiro atoms. The largest absolute Gasteiger partial charge is 0.497 e. The third-order valence-electron chi connectivity index (χ3n) is 4.80. The van der Waals surface area contributed by atoms with Crippen LogP contribution in [-0.2, 0) is 4.79 Å². The number of rotatable bonds is 5. The van der Waals surface area contributed by atoms with E-state index in [-0.39, 0.29) is 17.5 Å². The first-order valence-corrected chi connectivity index (χ1v) is 8.33. The molecular weight excluding hydrogens is 290 g/mol. The van der Waals surface area contributed by atoms with Gasteiger partial charge in [-0.05, 0) is 44.2 Å². The van der Waals surface area contributed by atoms with Crippen molar-refractivity contribution in [1.29, 1.82) is 0 Å². The first kappa shape index (κ1) is 17.6. The van der Waals surface area contributed by atoms with Crippen molar-refractivity contribution >= 4 is 11.6 Å². The van der Waals surface area contributed by atoms with Crippen LogP contribution in [0.3, 0.4) is 0 Å². The monoisotopic (exact) mass is 319 g/mol. The number of methoxy groups -OCH3 is 1. The molecule has 5 heteroatoms. The second kappa shape index (κ2) is 6.79. The quantitative estimate of drug-likeness (QED) is 0.497. The van der Waals surface area contributed by atoms with Gasteiger partial charge in [-0.1, -0.05) is 26.3 Å². The van der Waals surface area contributed by atoms with Crippen LogP contribution in [0.1, 0.15) is 58.4 Å². The highest BCUT2D eigenvalue weighted by molar-refractivity contribution is 5.86. The van der Waals surface area contributed by atoms with E-state index in [1.54, 1.807) is 7.11 Å². The summed E-state index contributed by atoms with van der Waals surface area (Å²) in [6.07, 6.45) is 2.67. The molecular formula is C18H29N3O2. The molecule has 23 heavy (non-hydrogen) atoms. The Morgan fingerprint density at radius 3 is 2.78 bits per heavy atom. The summed E-state index contributed by atoms with van der Waals surface area (Å²) in [5, 5.41) is 0. The minimum Gasteiger partial charge on any atom is -0.497 e. The molecule has 1 heterocycles. The fourth-order valence-electron chi connectivity index (χ4n) is 3.90. The number of ether oxygens (including phenoxy) is 1. The molecule has 2 atom stereocenters. The number of hydrogen-bond acceptors (Lipinski definition) is 4. The molecule has 5 nitrogen and oxygen atoms in total. The molecule has 0 unspecified atom stereocenters. The molecule has 0 saturated heterocycles. The Labute approximate surface area is 139 Å². The Morgan fingerprint density at radius 2 is 2.22 bits per heavy atom. The van der Waals surface area contributed by atoms with Crippen molar-refractivity contribution in [3.63, 3.8) is 0 Å². The average Bonchev–Trinajstić information content (AvgIpc) is 2.51. The van der Waals surface area contributed by atoms with Gasteiger partial charge in [0, 0.05) is 17.3 Å². The number of fused-ring (bicyclic) bond motifs is 1. The minimum atomic E-state index is -0.279. The van der Waals surface area contributed by atoms with E-state index in [4.69, 9.17) is 10.6 Å². The van der Waals surface area contributed by atoms with Gasteiger partial charge in [0.05, 0.1) is 7.11 Å². The summed E-state index contributed by atoms with van der Waals surface area (Å²) in [6, 6.07) is 5.87. The van der Waals surface area contributed by atoms with Gasteiger partial charge >= 0.3 is 0 Å². The average molecular weight is 319 g/mol. The second-order valence-corrected chi connectivity index (χ2v) is 7.03. The van der Waals surface area contributed by atoms with Gasteiger partial charge in [0.15, 0.2) is 0 Å². The van der Waals surface area contributed by atoms with Crippen LogP contribution in [-0.4, -0.2) is 24.6 Å². The van der Waals surface area contributed by atoms with Gasteiger partial charge in [0.25, 0.3) is 5.91 Å². The topological polar surface area (TPSA) is 67.6 Å². The van der Waals surface area contributed by atoms with E-state index >= 15 is 0 Å². The summed E-state index contributed by atoms with van der Waals surface area (Å²) < 4.78 is 5.41. The molecule has 1 aromatic rings. The Balaban J connectivity index is 2.59. The highest BCUT2D eigenvalue weighted by Gasteiger charge is 2.42. The van der Waals surface area contributed by atoms with E-state index in [2.05, 4.69) is 44.1 Å². The van der Waals surface area contributed by atoms with Crippen molar-refractivity contribution in [2.24, 2.45) is 5.84 Å². The van der Waals surface area contributed by atoms with Crippen LogP contribution in [0.2, 0.25) is 0 Å². The summed E-state index contributed by atoms with van der Waals surface area (Å²) >= 11 is 0. The zero-order chi connectivity index (χ0) is 17.2. The van der Waals surface area contributed by atoms with Crippen LogP contribution in [0.4, 0.5) is 5.69 Å². The lowest BCUT2D eigenvalue weighted by atomic mass is 9.78. The van der Waals surface area contributed by atoms with Crippen molar-refractivity contribution in [3.8, 4) is 5.75 Å². The highest BCUT2D eigenvalue weighted by Crippen LogP contribution is 2.46. The smallest absolute Gasteiger partial charge is 0.256 e. The zero-order valence-corrected chi connectivity index (χ0v) is 14.8. The number of nitrogens with two attached hydrogens (primary N) is 1. The molecule has 0 radical (unpaired) electrons. The number of carbonyl (C=O) groups is 1. The van der Waals surface area contributed by atoms with Crippen molar-refractivity contribution in [1.82, 2.24) is 5.43 Å². The normalized spacial score (nSPS) is 20.6. The molecule has 2 rings (SSSR count). The van der Waals surface area contributed by atoms with Crippen LogP contribution < -0.4 is 20.9 Å². The van der Waals surface area contributed by atoms with Gasteiger partial charge in [0.2, 0.25) is 0 Å². The summed E-state index contributed by atoms with van der Waals surface area (Å²) in [7, 11) is 1.67. The van der Waals surface area contributed by atoms with Gasteiger partial charge in [-0.25, -0.2) is 5.84 Å². The van der Waals surface area contributed by atoms with Gasteiger partial charge in [-0.15, -0.1) is 0 Å². The number of hydrazine groups is 1. The number of nitrogens with one attached hydrogen (secondary N) is 1. The Hall–Kier alpha value is -1.75. The number of benzene rings is 1. The minimum absolute atomic E-state index is 0.134. The van der Waals surface area contributed by atoms with Crippen molar-refractivity contribution < 1.29 is 9.53 Å². The van der Waals surface area contributed by atoms with E-state index in [0.717, 1.165) is 30.7 Å². The van der Waals surface area contributed by atoms with Crippen molar-refractivity contribution in [2.45, 2.75) is 64.5 Å². The van der Waals surface area contributed by atoms with E-state index < -0.39 is 0 Å². The van der Waals surface area contributed by atoms with Gasteiger partial charge in [-0.2, -0.15) is 0 Å². The number of carbonyl (C=O) groups excluding carboxylic acids is 1. The van der Waals surface area contributed by atoms with Gasteiger partial charge in [-0.3, -0.25) is 10.2 Å². The Bertz CT molecular complexity index is 571. The van der Waals surface area contributed by atoms with Crippen LogP contribution in [0.5, 0.6) is 5.75 Å². The molecule has 0 bridgehead atoms. The molecule has 0 aliphatic carbocycles. The maximum Gasteiger partial charge on any atom is 0.256 e. The first-order valence-electron chi connectivity index (χ1n) is 8.33. The van der Waals surface area contributed by atoms with E-state index in [1.807, 2.05) is 12.1 Å². The molecule has 1 aliphatic rings. The predicted octanol–water partition coefficient (Wildman–Crippen LogP) is 2.95. The lowest BCUT2D eigenvalue weighted by Gasteiger charge is -2.50. The van der Waals surface area contributed by atoms with Gasteiger partial charge < -0.3 is 9.64 Å². The third kappa shape index (κ3) is 3.29. The number of nitrogens with zero attached hydrogens (tertiary/aromatic N) is 1. The van der Waals surface area contributed by atoms with E-state index in [1.165, 1.54) is 5.56 Å². The summed E-state index contributed by atoms with van der Waals surface area (Å²) in [6.45, 7) is 8.71. The van der Waals surface area contributed by atoms with Crippen molar-refractivity contribution in [3.05, 3.63) is 23.8 Å². The third-order valence-corrected chi connectivity index (χ3v) is 4.80. The van der Waals surface area contributed by atoms with E-state index in [0.29, 0.717) is 5.92 Å². The summed E-state index contributed by atoms with van der Waals surface area (Å²) in [5.41, 5.74) is 4.55. The molecule has 3 N–H and O–H groups in total. The summed E-state index contributed by atoms with van der Waals surface area (Å²) in [5.74, 6) is 6.56. The molecule has 0 saturated carbocycles. The fourth-order valence-corrected chi connectivity index (χ4v) is 3.90. The maximum atomic E-state index is 12.4. The van der Waals surface area contributed by atoms with E-state index in [9.17, 15) is 4.79 Å². The SMILES string of the molecule is CCC[C@@H](C(=O)NN)N1c2cc(OC)ccc2[C@H](C)CC1(C)C. The second-order valence-electron chi connectivity index (χ2n) is 7.03. The highest BCUT2D eigenvalue weighted by atomic mass is 16.5. The molecule has 0 aromatic heterocycles. The molecule has 1 aliphatic heterocycles. The van der Waals surface area contributed by atoms with Gasteiger partial charge in [0.1, 0.15) is 11.8 Å². The standard InChI is InChI=1S/C18H29N3O2/c1-6-7-15(17(22)20-19)21-16-10-13(23-5)8-9-14(16)12(2)11-18(21,3)4/h8-10,12,15H,6-7,11,19H2,1-5H3,(H,20,22)/t12-,15+/m1/s1. The molecule has 1 amide bonds. The summed E-state index contributed by atoms with van der Waals surface area (Å²) in [4.78, 5) is 14.7. The number of anilines is 1. The van der Waals surface area contributed by atoms with Crippen molar-refractivity contribution in [2.75, 3.05) is 12.0 Å². The lowest BCUT2D eigenvalue weighted by molar-refractivity contribution is -0.123. The maximum absolute atomic E-state index is 12.4. The van der Waals surface area contributed by atoms with Crippen LogP contribution in [0, 0.1) is 0 Å². The molecule has 128 valence electrons. The Kier molecular flexibility index (Phi) is 5.19. The molecule has 1 aromatic carbocycles. The van der Waals surface area contributed by atoms with Crippen LogP contribution in [0.15, 0.2) is 18.2 Å². The lowest BCUT2D eigenvalue weighted by Crippen LogP contribution is -2.59. The van der Waals surface area contributed by atoms with Crippen LogP contribution in [0.25, 0.3) is 0 Å². The first-order chi connectivity index (χ1) is 10.9. The number of hydrogen-bond donors (Lipinski definition) is 2. The fraction of sp³-hybridized carbons (Fsp3) is 0.611. The number of amides is 1. The zero-order valence-electron chi connectivity index (χ0n) is 14.8.